The molecule has 1 aromatic rings. The van der Waals surface area contributed by atoms with Crippen LogP contribution in [0.5, 0.6) is 0 Å². The summed E-state index contributed by atoms with van der Waals surface area (Å²) in [5.74, 6) is 0.262. The van der Waals surface area contributed by atoms with E-state index in [-0.39, 0.29) is 11.2 Å². The Kier molecular flexibility index (Phi) is 4.36. The molecule has 17 heavy (non-hydrogen) atoms. The van der Waals surface area contributed by atoms with Crippen LogP contribution in [0.25, 0.3) is 0 Å². The largest absolute Gasteiger partial charge is 0.381 e. The van der Waals surface area contributed by atoms with E-state index in [1.165, 1.54) is 0 Å². The van der Waals surface area contributed by atoms with Crippen molar-refractivity contribution in [2.75, 3.05) is 19.8 Å². The molecule has 2 N–H and O–H groups in total. The molecule has 2 rings (SSSR count). The summed E-state index contributed by atoms with van der Waals surface area (Å²) >= 11 is 5.01. The van der Waals surface area contributed by atoms with Crippen LogP contribution in [0.2, 0.25) is 0 Å². The van der Waals surface area contributed by atoms with Crippen molar-refractivity contribution >= 4 is 33.0 Å². The zero-order valence-electron chi connectivity index (χ0n) is 9.58. The molecule has 0 atom stereocenters. The molecule has 0 unspecified atom stereocenters. The number of thiophene rings is 1. The summed E-state index contributed by atoms with van der Waals surface area (Å²) in [6.45, 7) is 1.73. The molecule has 1 aromatic heterocycles. The number of carbonyl (C=O) groups excluding carboxylic acids is 1. The van der Waals surface area contributed by atoms with E-state index in [0.717, 1.165) is 22.2 Å². The van der Waals surface area contributed by atoms with Gasteiger partial charge in [0.05, 0.1) is 0 Å². The summed E-state index contributed by atoms with van der Waals surface area (Å²) < 4.78 is 6.36. The van der Waals surface area contributed by atoms with Crippen LogP contribution in [-0.2, 0) is 16.0 Å². The van der Waals surface area contributed by atoms with Crippen molar-refractivity contribution in [1.82, 2.24) is 0 Å². The molecule has 0 radical (unpaired) electrons. The van der Waals surface area contributed by atoms with Gasteiger partial charge in [0, 0.05) is 46.3 Å². The minimum absolute atomic E-state index is 0.262. The molecule has 94 valence electrons. The van der Waals surface area contributed by atoms with Crippen molar-refractivity contribution < 1.29 is 9.53 Å². The molecule has 0 aliphatic carbocycles. The summed E-state index contributed by atoms with van der Waals surface area (Å²) in [6, 6.07) is 2.01. The van der Waals surface area contributed by atoms with E-state index in [1.807, 2.05) is 11.4 Å². The van der Waals surface area contributed by atoms with Gasteiger partial charge < -0.3 is 10.5 Å². The summed E-state index contributed by atoms with van der Waals surface area (Å²) in [6.07, 6.45) is 2.01. The van der Waals surface area contributed by atoms with Crippen molar-refractivity contribution in [3.8, 4) is 0 Å². The number of ketones is 1. The van der Waals surface area contributed by atoms with Gasteiger partial charge in [0.2, 0.25) is 0 Å². The Labute approximate surface area is 113 Å². The molecule has 2 heterocycles. The Morgan fingerprint density at radius 2 is 2.24 bits per heavy atom. The van der Waals surface area contributed by atoms with Crippen LogP contribution in [0.1, 0.15) is 17.7 Å². The summed E-state index contributed by atoms with van der Waals surface area (Å²) in [7, 11) is 0. The summed E-state index contributed by atoms with van der Waals surface area (Å²) in [5.41, 5.74) is 5.46. The summed E-state index contributed by atoms with van der Waals surface area (Å²) in [5, 5.41) is 2.00. The monoisotopic (exact) mass is 317 g/mol. The highest BCUT2D eigenvalue weighted by Crippen LogP contribution is 2.32. The maximum absolute atomic E-state index is 12.4. The fourth-order valence-electron chi connectivity index (χ4n) is 2.15. The lowest BCUT2D eigenvalue weighted by Gasteiger charge is -2.34. The smallest absolute Gasteiger partial charge is 0.145 e. The van der Waals surface area contributed by atoms with Gasteiger partial charge in [-0.25, -0.2) is 0 Å². The minimum atomic E-state index is -0.352. The van der Waals surface area contributed by atoms with Gasteiger partial charge in [0.15, 0.2) is 0 Å². The molecule has 0 saturated carbocycles. The second-order valence-electron chi connectivity index (χ2n) is 4.43. The predicted molar refractivity (Wildman–Crippen MR) is 72.3 cm³/mol. The molecule has 0 spiro atoms. The molecule has 5 heteroatoms. The Balaban J connectivity index is 2.07. The first-order chi connectivity index (χ1) is 8.16. The third-order valence-corrected chi connectivity index (χ3v) is 5.09. The van der Waals surface area contributed by atoms with Crippen molar-refractivity contribution in [3.05, 3.63) is 20.8 Å². The third kappa shape index (κ3) is 2.96. The van der Waals surface area contributed by atoms with Crippen molar-refractivity contribution in [2.45, 2.75) is 19.3 Å². The fourth-order valence-corrected chi connectivity index (χ4v) is 3.60. The zero-order chi connectivity index (χ0) is 12.3. The van der Waals surface area contributed by atoms with Gasteiger partial charge >= 0.3 is 0 Å². The van der Waals surface area contributed by atoms with Gasteiger partial charge in [-0.3, -0.25) is 4.79 Å². The van der Waals surface area contributed by atoms with E-state index >= 15 is 0 Å². The van der Waals surface area contributed by atoms with E-state index in [4.69, 9.17) is 10.5 Å². The highest BCUT2D eigenvalue weighted by molar-refractivity contribution is 9.10. The molecule has 0 aromatic carbocycles. The standard InChI is InChI=1S/C12H16BrNO2S/c13-9-5-10(17-7-9)6-11(15)12(8-14)1-3-16-4-2-12/h5,7H,1-4,6,8,14H2. The van der Waals surface area contributed by atoms with Crippen molar-refractivity contribution in [1.29, 1.82) is 0 Å². The molecule has 0 bridgehead atoms. The molecule has 1 aliphatic heterocycles. The SMILES string of the molecule is NCC1(C(=O)Cc2cc(Br)cs2)CCOCC1. The van der Waals surface area contributed by atoms with Crippen LogP contribution in [0.4, 0.5) is 0 Å². The van der Waals surface area contributed by atoms with Crippen LogP contribution in [-0.4, -0.2) is 25.5 Å². The molecule has 3 nitrogen and oxygen atoms in total. The van der Waals surface area contributed by atoms with Gasteiger partial charge in [-0.05, 0) is 34.8 Å². The van der Waals surface area contributed by atoms with Crippen LogP contribution in [0, 0.1) is 5.41 Å². The van der Waals surface area contributed by atoms with E-state index in [1.54, 1.807) is 11.3 Å². The van der Waals surface area contributed by atoms with Crippen molar-refractivity contribution in [2.24, 2.45) is 11.1 Å². The maximum Gasteiger partial charge on any atom is 0.145 e. The van der Waals surface area contributed by atoms with Gasteiger partial charge in [-0.1, -0.05) is 0 Å². The highest BCUT2D eigenvalue weighted by atomic mass is 79.9. The summed E-state index contributed by atoms with van der Waals surface area (Å²) in [4.78, 5) is 13.5. The lowest BCUT2D eigenvalue weighted by molar-refractivity contribution is -0.132. The molecule has 0 amide bonds. The van der Waals surface area contributed by atoms with E-state index in [2.05, 4.69) is 15.9 Å². The van der Waals surface area contributed by atoms with E-state index in [9.17, 15) is 4.79 Å². The molecule has 1 fully saturated rings. The Morgan fingerprint density at radius 3 is 2.76 bits per heavy atom. The zero-order valence-corrected chi connectivity index (χ0v) is 12.0. The van der Waals surface area contributed by atoms with Gasteiger partial charge in [-0.2, -0.15) is 0 Å². The van der Waals surface area contributed by atoms with Gasteiger partial charge in [0.25, 0.3) is 0 Å². The average molecular weight is 318 g/mol. The Hall–Kier alpha value is -0.230. The van der Waals surface area contributed by atoms with E-state index in [0.29, 0.717) is 26.2 Å². The van der Waals surface area contributed by atoms with Crippen LogP contribution in [0.3, 0.4) is 0 Å². The number of Topliss-reactive ketones (excluding diaryl/α,β-unsaturated/α-hetero) is 1. The number of hydrogen-bond acceptors (Lipinski definition) is 4. The molecule has 1 saturated heterocycles. The third-order valence-electron chi connectivity index (χ3n) is 3.39. The molecule has 1 aliphatic rings. The number of hydrogen-bond donors (Lipinski definition) is 1. The van der Waals surface area contributed by atoms with Crippen LogP contribution in [0.15, 0.2) is 15.9 Å². The Bertz CT molecular complexity index is 399. The lowest BCUT2D eigenvalue weighted by Crippen LogP contribution is -2.44. The van der Waals surface area contributed by atoms with Gasteiger partial charge in [-0.15, -0.1) is 11.3 Å². The molecular weight excluding hydrogens is 302 g/mol. The van der Waals surface area contributed by atoms with Crippen LogP contribution < -0.4 is 5.73 Å². The normalized spacial score (nSPS) is 19.2. The first kappa shape index (κ1) is 13.2. The minimum Gasteiger partial charge on any atom is -0.381 e. The number of carbonyl (C=O) groups is 1. The Morgan fingerprint density at radius 1 is 1.53 bits per heavy atom. The first-order valence-electron chi connectivity index (χ1n) is 5.70. The van der Waals surface area contributed by atoms with Gasteiger partial charge in [0.1, 0.15) is 5.78 Å². The number of rotatable bonds is 4. The second-order valence-corrected chi connectivity index (χ2v) is 6.34. The number of ether oxygens (including phenoxy) is 1. The number of nitrogens with two attached hydrogens (primary N) is 1. The average Bonchev–Trinajstić information content (AvgIpc) is 2.75. The number of halogens is 1. The first-order valence-corrected chi connectivity index (χ1v) is 7.37. The quantitative estimate of drug-likeness (QED) is 0.927. The fraction of sp³-hybridized carbons (Fsp3) is 0.583. The highest BCUT2D eigenvalue weighted by Gasteiger charge is 2.38. The maximum atomic E-state index is 12.4. The second kappa shape index (κ2) is 5.61. The lowest BCUT2D eigenvalue weighted by atomic mass is 9.75. The molecular formula is C12H16BrNO2S. The van der Waals surface area contributed by atoms with Crippen LogP contribution >= 0.6 is 27.3 Å². The van der Waals surface area contributed by atoms with Crippen molar-refractivity contribution in [3.63, 3.8) is 0 Å². The van der Waals surface area contributed by atoms with E-state index < -0.39 is 0 Å². The topological polar surface area (TPSA) is 52.3 Å². The predicted octanol–water partition coefficient (Wildman–Crippen LogP) is 2.38.